The Morgan fingerprint density at radius 1 is 1.33 bits per heavy atom. The lowest BCUT2D eigenvalue weighted by atomic mass is 10.0. The number of nitrogens with one attached hydrogen (secondary N) is 1. The zero-order chi connectivity index (χ0) is 17.3. The van der Waals surface area contributed by atoms with Crippen LogP contribution in [0.3, 0.4) is 0 Å². The number of aromatic nitrogens is 2. The van der Waals surface area contributed by atoms with Gasteiger partial charge in [0.2, 0.25) is 0 Å². The van der Waals surface area contributed by atoms with Gasteiger partial charge in [0.15, 0.2) is 5.82 Å². The van der Waals surface area contributed by atoms with Crippen LogP contribution in [0.2, 0.25) is 5.02 Å². The van der Waals surface area contributed by atoms with Crippen molar-refractivity contribution in [2.75, 3.05) is 5.32 Å². The largest absolute Gasteiger partial charge is 0.305 e. The van der Waals surface area contributed by atoms with Gasteiger partial charge in [-0.2, -0.15) is 0 Å². The maximum absolute atomic E-state index is 13.9. The maximum Gasteiger partial charge on any atom is 0.252 e. The van der Waals surface area contributed by atoms with E-state index in [1.54, 1.807) is 19.1 Å². The molecule has 7 heteroatoms. The van der Waals surface area contributed by atoms with Crippen molar-refractivity contribution in [1.29, 1.82) is 0 Å². The van der Waals surface area contributed by atoms with Crippen molar-refractivity contribution < 1.29 is 9.18 Å². The van der Waals surface area contributed by atoms with Gasteiger partial charge in [0.05, 0.1) is 0 Å². The Labute approximate surface area is 148 Å². The number of halogens is 2. The summed E-state index contributed by atoms with van der Waals surface area (Å²) < 4.78 is 13.9. The molecule has 2 aromatic rings. The second-order valence-corrected chi connectivity index (χ2v) is 6.96. The van der Waals surface area contributed by atoms with Crippen molar-refractivity contribution in [2.24, 2.45) is 0 Å². The first-order valence-corrected chi connectivity index (χ1v) is 8.72. The van der Waals surface area contributed by atoms with Crippen LogP contribution < -0.4 is 5.32 Å². The van der Waals surface area contributed by atoms with Crippen LogP contribution >= 0.6 is 23.4 Å². The van der Waals surface area contributed by atoms with Crippen LogP contribution in [0.1, 0.15) is 25.0 Å². The molecule has 0 saturated heterocycles. The minimum atomic E-state index is -0.332. The fourth-order valence-electron chi connectivity index (χ4n) is 2.36. The monoisotopic (exact) mass is 363 g/mol. The number of carbonyl (C=O) groups is 1. The van der Waals surface area contributed by atoms with Gasteiger partial charge in [0.25, 0.3) is 5.91 Å². The van der Waals surface area contributed by atoms with E-state index in [-0.39, 0.29) is 11.7 Å². The third-order valence-corrected chi connectivity index (χ3v) is 5.33. The summed E-state index contributed by atoms with van der Waals surface area (Å²) in [7, 11) is 0. The van der Waals surface area contributed by atoms with Crippen molar-refractivity contribution in [3.05, 3.63) is 57.4 Å². The van der Waals surface area contributed by atoms with Crippen LogP contribution in [0, 0.1) is 5.82 Å². The van der Waals surface area contributed by atoms with Crippen LogP contribution in [0.15, 0.2) is 40.4 Å². The van der Waals surface area contributed by atoms with Crippen LogP contribution in [0.25, 0.3) is 0 Å². The summed E-state index contributed by atoms with van der Waals surface area (Å²) in [5.41, 5.74) is 3.05. The molecule has 0 fully saturated rings. The molecule has 4 nitrogen and oxygen atoms in total. The second-order valence-electron chi connectivity index (χ2n) is 5.59. The number of thioether (sulfide) groups is 1. The van der Waals surface area contributed by atoms with Crippen molar-refractivity contribution in [1.82, 2.24) is 10.2 Å². The van der Waals surface area contributed by atoms with Gasteiger partial charge in [-0.15, -0.1) is 10.2 Å². The zero-order valence-electron chi connectivity index (χ0n) is 13.2. The number of carbonyl (C=O) groups excluding carboxylic acids is 1. The maximum atomic E-state index is 13.9. The van der Waals surface area contributed by atoms with E-state index in [0.29, 0.717) is 39.2 Å². The van der Waals surface area contributed by atoms with E-state index in [9.17, 15) is 9.18 Å². The topological polar surface area (TPSA) is 54.9 Å². The molecule has 0 spiro atoms. The Balaban J connectivity index is 1.88. The Bertz CT molecular complexity index is 833. The summed E-state index contributed by atoms with van der Waals surface area (Å²) >= 11 is 7.45. The highest BCUT2D eigenvalue weighted by Gasteiger charge is 2.18. The molecule has 1 aliphatic rings. The second kappa shape index (κ2) is 6.91. The third kappa shape index (κ3) is 3.44. The molecule has 0 aliphatic carbocycles. The molecule has 0 unspecified atom stereocenters. The number of nitrogens with zero attached hydrogens (tertiary/aromatic N) is 2. The minimum Gasteiger partial charge on any atom is -0.305 e. The van der Waals surface area contributed by atoms with Gasteiger partial charge in [-0.05, 0) is 44.0 Å². The average molecular weight is 364 g/mol. The van der Waals surface area contributed by atoms with Crippen molar-refractivity contribution >= 4 is 35.1 Å². The summed E-state index contributed by atoms with van der Waals surface area (Å²) in [6.07, 6.45) is 0.606. The highest BCUT2D eigenvalue weighted by Crippen LogP contribution is 2.31. The Hall–Kier alpha value is -1.92. The van der Waals surface area contributed by atoms with Gasteiger partial charge >= 0.3 is 0 Å². The predicted molar refractivity (Wildman–Crippen MR) is 93.7 cm³/mol. The molecule has 124 valence electrons. The Kier molecular flexibility index (Phi) is 4.87. The predicted octanol–water partition coefficient (Wildman–Crippen LogP) is 4.39. The number of anilines is 1. The van der Waals surface area contributed by atoms with E-state index in [1.807, 2.05) is 13.0 Å². The normalized spacial score (nSPS) is 17.2. The van der Waals surface area contributed by atoms with Crippen LogP contribution in [0.5, 0.6) is 0 Å². The highest BCUT2D eigenvalue weighted by molar-refractivity contribution is 7.98. The molecule has 0 saturated carbocycles. The van der Waals surface area contributed by atoms with Gasteiger partial charge in [0, 0.05) is 21.9 Å². The van der Waals surface area contributed by atoms with E-state index >= 15 is 0 Å². The van der Waals surface area contributed by atoms with Crippen LogP contribution in [-0.2, 0) is 17.0 Å². The molecule has 3 rings (SSSR count). The van der Waals surface area contributed by atoms with Gasteiger partial charge < -0.3 is 5.32 Å². The number of fused-ring (bicyclic) bond motifs is 2. The summed E-state index contributed by atoms with van der Waals surface area (Å²) in [4.78, 5) is 12.0. The number of hydrogen-bond acceptors (Lipinski definition) is 4. The molecule has 1 aromatic carbocycles. The van der Waals surface area contributed by atoms with Crippen LogP contribution in [0.4, 0.5) is 10.2 Å². The molecule has 24 heavy (non-hydrogen) atoms. The standard InChI is InChI=1S/C17H15ClFN3OS/c1-9-6-11-7-15(20-16(23)10(9)2)21-22-17(11)24-8-12-13(18)4-3-5-14(12)19/h3-5,7H,6,8H2,1-2H3,(H,20,21,23)/b10-9-. The third-order valence-electron chi connectivity index (χ3n) is 3.93. The lowest BCUT2D eigenvalue weighted by Gasteiger charge is -2.16. The van der Waals surface area contributed by atoms with Gasteiger partial charge in [-0.1, -0.05) is 35.0 Å². The molecule has 1 aliphatic heterocycles. The van der Waals surface area contributed by atoms with Crippen molar-refractivity contribution in [3.8, 4) is 0 Å². The minimum absolute atomic E-state index is 0.161. The smallest absolute Gasteiger partial charge is 0.252 e. The molecule has 0 radical (unpaired) electrons. The zero-order valence-corrected chi connectivity index (χ0v) is 14.8. The average Bonchev–Trinajstić information content (AvgIpc) is 2.54. The van der Waals surface area contributed by atoms with Crippen molar-refractivity contribution in [3.63, 3.8) is 0 Å². The van der Waals surface area contributed by atoms with Gasteiger partial charge in [-0.25, -0.2) is 4.39 Å². The SMILES string of the molecule is C/C1=C(\C)C(=O)Nc2cc(c(SCc3c(F)cccc3Cl)nn2)C1. The molecule has 1 amide bonds. The number of amides is 1. The van der Waals surface area contributed by atoms with E-state index in [4.69, 9.17) is 11.6 Å². The van der Waals surface area contributed by atoms with E-state index < -0.39 is 0 Å². The Morgan fingerprint density at radius 3 is 2.88 bits per heavy atom. The summed E-state index contributed by atoms with van der Waals surface area (Å²) in [5, 5.41) is 12.0. The lowest BCUT2D eigenvalue weighted by molar-refractivity contribution is -0.112. The fourth-order valence-corrected chi connectivity index (χ4v) is 3.66. The number of rotatable bonds is 3. The molecular formula is C17H15ClFN3OS. The fraction of sp³-hybridized carbons (Fsp3) is 0.235. The Morgan fingerprint density at radius 2 is 2.12 bits per heavy atom. The van der Waals surface area contributed by atoms with E-state index in [1.165, 1.54) is 17.8 Å². The van der Waals surface area contributed by atoms with E-state index in [2.05, 4.69) is 15.5 Å². The molecule has 1 N–H and O–H groups in total. The van der Waals surface area contributed by atoms with Gasteiger partial charge in [0.1, 0.15) is 10.8 Å². The van der Waals surface area contributed by atoms with Crippen LogP contribution in [-0.4, -0.2) is 16.1 Å². The molecule has 2 heterocycles. The summed E-state index contributed by atoms with van der Waals surface area (Å²) in [6, 6.07) is 6.45. The number of allylic oxidation sites excluding steroid dienone is 1. The quantitative estimate of drug-likeness (QED) is 0.821. The first-order valence-electron chi connectivity index (χ1n) is 7.35. The van der Waals surface area contributed by atoms with E-state index in [0.717, 1.165) is 11.1 Å². The number of hydrogen-bond donors (Lipinski definition) is 1. The molecule has 1 aromatic heterocycles. The molecule has 2 bridgehead atoms. The number of benzene rings is 1. The lowest BCUT2D eigenvalue weighted by Crippen LogP contribution is -2.18. The molecular weight excluding hydrogens is 349 g/mol. The first-order chi connectivity index (χ1) is 11.5. The van der Waals surface area contributed by atoms with Gasteiger partial charge in [-0.3, -0.25) is 4.79 Å². The van der Waals surface area contributed by atoms with Crippen molar-refractivity contribution in [2.45, 2.75) is 31.0 Å². The summed E-state index contributed by atoms with van der Waals surface area (Å²) in [6.45, 7) is 3.71. The summed E-state index contributed by atoms with van der Waals surface area (Å²) in [5.74, 6) is 0.295. The molecule has 0 atom stereocenters. The first kappa shape index (κ1) is 16.9. The highest BCUT2D eigenvalue weighted by atomic mass is 35.5.